The number of anilines is 1. The summed E-state index contributed by atoms with van der Waals surface area (Å²) >= 11 is 0. The van der Waals surface area contributed by atoms with Gasteiger partial charge >= 0.3 is 0 Å². The number of hydrogen-bond acceptors (Lipinski definition) is 4. The molecule has 0 saturated carbocycles. The first-order chi connectivity index (χ1) is 9.02. The largest absolute Gasteiger partial charge is 0.399 e. The molecule has 0 fully saturated rings. The number of rotatable bonds is 5. The Balaban J connectivity index is 2.23. The normalized spacial score (nSPS) is 11.6. The van der Waals surface area contributed by atoms with Crippen molar-refractivity contribution in [3.05, 3.63) is 36.7 Å². The predicted octanol–water partition coefficient (Wildman–Crippen LogP) is 1.57. The van der Waals surface area contributed by atoms with Gasteiger partial charge in [-0.25, -0.2) is 13.4 Å². The molecule has 102 valence electrons. The molecule has 0 aliphatic carbocycles. The van der Waals surface area contributed by atoms with Crippen molar-refractivity contribution in [1.82, 2.24) is 9.55 Å². The highest BCUT2D eigenvalue weighted by molar-refractivity contribution is 7.91. The topological polar surface area (TPSA) is 78.0 Å². The van der Waals surface area contributed by atoms with Crippen LogP contribution in [0.4, 0.5) is 5.69 Å². The van der Waals surface area contributed by atoms with Crippen LogP contribution in [0.15, 0.2) is 36.7 Å². The monoisotopic (exact) mass is 279 g/mol. The summed E-state index contributed by atoms with van der Waals surface area (Å²) in [7, 11) is -2.98. The molecule has 2 N–H and O–H groups in total. The first kappa shape index (κ1) is 13.6. The number of benzene rings is 1. The lowest BCUT2D eigenvalue weighted by atomic mass is 10.2. The first-order valence-corrected chi connectivity index (χ1v) is 7.91. The highest BCUT2D eigenvalue weighted by Crippen LogP contribution is 2.19. The minimum atomic E-state index is -2.98. The molecule has 1 aromatic carbocycles. The van der Waals surface area contributed by atoms with E-state index in [0.717, 1.165) is 11.4 Å². The molecule has 0 atom stereocenters. The maximum atomic E-state index is 11.5. The zero-order chi connectivity index (χ0) is 13.9. The van der Waals surface area contributed by atoms with E-state index in [9.17, 15) is 8.42 Å². The fourth-order valence-corrected chi connectivity index (χ4v) is 2.57. The second-order valence-electron chi connectivity index (χ2n) is 4.31. The summed E-state index contributed by atoms with van der Waals surface area (Å²) in [6, 6.07) is 7.39. The van der Waals surface area contributed by atoms with Crippen molar-refractivity contribution in [2.45, 2.75) is 13.5 Å². The molecule has 0 spiro atoms. The number of nitrogens with two attached hydrogens (primary N) is 1. The second kappa shape index (κ2) is 5.44. The van der Waals surface area contributed by atoms with Crippen LogP contribution in [0.25, 0.3) is 11.4 Å². The Morgan fingerprint density at radius 1 is 1.37 bits per heavy atom. The molecular formula is C13H17N3O2S. The lowest BCUT2D eigenvalue weighted by molar-refractivity contribution is 0.590. The standard InChI is InChI=1S/C13H17N3O2S/c1-2-19(17,18)9-8-16-7-6-15-13(16)11-4-3-5-12(14)10-11/h3-7,10H,2,8-9,14H2,1H3. The van der Waals surface area contributed by atoms with E-state index < -0.39 is 9.84 Å². The van der Waals surface area contributed by atoms with E-state index in [1.165, 1.54) is 0 Å². The Morgan fingerprint density at radius 3 is 2.84 bits per heavy atom. The molecule has 0 aliphatic heterocycles. The van der Waals surface area contributed by atoms with E-state index in [0.29, 0.717) is 12.2 Å². The van der Waals surface area contributed by atoms with Gasteiger partial charge in [-0.3, -0.25) is 0 Å². The van der Waals surface area contributed by atoms with Gasteiger partial charge < -0.3 is 10.3 Å². The lowest BCUT2D eigenvalue weighted by Crippen LogP contribution is -2.14. The van der Waals surface area contributed by atoms with Gasteiger partial charge in [0.05, 0.1) is 5.75 Å². The molecule has 0 saturated heterocycles. The Labute approximate surface area is 113 Å². The SMILES string of the molecule is CCS(=O)(=O)CCn1ccnc1-c1cccc(N)c1. The molecule has 5 nitrogen and oxygen atoms in total. The van der Waals surface area contributed by atoms with Gasteiger partial charge in [0.1, 0.15) is 5.82 Å². The molecule has 0 aliphatic rings. The van der Waals surface area contributed by atoms with Crippen LogP contribution >= 0.6 is 0 Å². The van der Waals surface area contributed by atoms with Crippen molar-refractivity contribution in [2.24, 2.45) is 0 Å². The van der Waals surface area contributed by atoms with Crippen molar-refractivity contribution < 1.29 is 8.42 Å². The van der Waals surface area contributed by atoms with Crippen molar-refractivity contribution in [3.8, 4) is 11.4 Å². The number of imidazole rings is 1. The Morgan fingerprint density at radius 2 is 2.16 bits per heavy atom. The van der Waals surface area contributed by atoms with Gasteiger partial charge in [0.25, 0.3) is 0 Å². The van der Waals surface area contributed by atoms with Crippen molar-refractivity contribution in [3.63, 3.8) is 0 Å². The summed E-state index contributed by atoms with van der Waals surface area (Å²) < 4.78 is 24.9. The molecular weight excluding hydrogens is 262 g/mol. The molecule has 6 heteroatoms. The van der Waals surface area contributed by atoms with Crippen LogP contribution in [0.3, 0.4) is 0 Å². The number of hydrogen-bond donors (Lipinski definition) is 1. The molecule has 0 amide bonds. The summed E-state index contributed by atoms with van der Waals surface area (Å²) in [6.45, 7) is 2.06. The average molecular weight is 279 g/mol. The summed E-state index contributed by atoms with van der Waals surface area (Å²) in [5, 5.41) is 0. The van der Waals surface area contributed by atoms with E-state index in [4.69, 9.17) is 5.73 Å². The molecule has 2 aromatic rings. The van der Waals surface area contributed by atoms with Crippen LogP contribution in [0.5, 0.6) is 0 Å². The number of aromatic nitrogens is 2. The van der Waals surface area contributed by atoms with Gasteiger partial charge in [-0.15, -0.1) is 0 Å². The maximum Gasteiger partial charge on any atom is 0.151 e. The summed E-state index contributed by atoms with van der Waals surface area (Å²) in [6.07, 6.45) is 3.45. The molecule has 1 heterocycles. The summed E-state index contributed by atoms with van der Waals surface area (Å²) in [5.74, 6) is 1.02. The van der Waals surface area contributed by atoms with Gasteiger partial charge in [0.2, 0.25) is 0 Å². The van der Waals surface area contributed by atoms with E-state index in [2.05, 4.69) is 4.98 Å². The minimum absolute atomic E-state index is 0.120. The molecule has 19 heavy (non-hydrogen) atoms. The van der Waals surface area contributed by atoms with Gasteiger partial charge in [-0.2, -0.15) is 0 Å². The van der Waals surface area contributed by atoms with Crippen LogP contribution in [-0.4, -0.2) is 29.5 Å². The predicted molar refractivity (Wildman–Crippen MR) is 76.4 cm³/mol. The zero-order valence-corrected chi connectivity index (χ0v) is 11.6. The van der Waals surface area contributed by atoms with Crippen LogP contribution in [0, 0.1) is 0 Å². The number of aryl methyl sites for hydroxylation is 1. The third-order valence-corrected chi connectivity index (χ3v) is 4.63. The fourth-order valence-electron chi connectivity index (χ4n) is 1.81. The first-order valence-electron chi connectivity index (χ1n) is 6.09. The van der Waals surface area contributed by atoms with Crippen LogP contribution in [0.2, 0.25) is 0 Å². The van der Waals surface area contributed by atoms with Gasteiger partial charge in [-0.05, 0) is 12.1 Å². The number of nitrogen functional groups attached to an aromatic ring is 1. The second-order valence-corrected chi connectivity index (χ2v) is 6.78. The smallest absolute Gasteiger partial charge is 0.151 e. The molecule has 1 aromatic heterocycles. The van der Waals surface area contributed by atoms with E-state index in [-0.39, 0.29) is 11.5 Å². The zero-order valence-electron chi connectivity index (χ0n) is 10.8. The molecule has 0 unspecified atom stereocenters. The van der Waals surface area contributed by atoms with Crippen LogP contribution < -0.4 is 5.73 Å². The Hall–Kier alpha value is -1.82. The Bertz CT molecular complexity index is 662. The van der Waals surface area contributed by atoms with E-state index >= 15 is 0 Å². The van der Waals surface area contributed by atoms with Crippen molar-refractivity contribution in [1.29, 1.82) is 0 Å². The quantitative estimate of drug-likeness (QED) is 0.843. The van der Waals surface area contributed by atoms with Gasteiger partial charge in [-0.1, -0.05) is 19.1 Å². The lowest BCUT2D eigenvalue weighted by Gasteiger charge is -2.08. The van der Waals surface area contributed by atoms with Gasteiger partial charge in [0.15, 0.2) is 9.84 Å². The highest BCUT2D eigenvalue weighted by Gasteiger charge is 2.11. The average Bonchev–Trinajstić information content (AvgIpc) is 2.85. The van der Waals surface area contributed by atoms with E-state index in [1.807, 2.05) is 22.8 Å². The molecule has 0 bridgehead atoms. The van der Waals surface area contributed by atoms with E-state index in [1.54, 1.807) is 25.4 Å². The van der Waals surface area contributed by atoms with Gasteiger partial charge in [0, 0.05) is 35.9 Å². The third-order valence-electron chi connectivity index (χ3n) is 2.94. The van der Waals surface area contributed by atoms with Crippen molar-refractivity contribution in [2.75, 3.05) is 17.2 Å². The highest BCUT2D eigenvalue weighted by atomic mass is 32.2. The molecule has 0 radical (unpaired) electrons. The number of sulfone groups is 1. The van der Waals surface area contributed by atoms with Crippen molar-refractivity contribution >= 4 is 15.5 Å². The summed E-state index contributed by atoms with van der Waals surface area (Å²) in [4.78, 5) is 4.27. The third kappa shape index (κ3) is 3.35. The van der Waals surface area contributed by atoms with Crippen LogP contribution in [-0.2, 0) is 16.4 Å². The van der Waals surface area contributed by atoms with Crippen LogP contribution in [0.1, 0.15) is 6.92 Å². The minimum Gasteiger partial charge on any atom is -0.399 e. The fraction of sp³-hybridized carbons (Fsp3) is 0.308. The maximum absolute atomic E-state index is 11.5. The number of nitrogens with zero attached hydrogens (tertiary/aromatic N) is 2. The summed E-state index contributed by atoms with van der Waals surface area (Å²) in [5.41, 5.74) is 7.29. The molecule has 2 rings (SSSR count). The Kier molecular flexibility index (Phi) is 3.90.